The number of piperidine rings is 1. The Morgan fingerprint density at radius 3 is 1.88 bits per heavy atom. The summed E-state index contributed by atoms with van der Waals surface area (Å²) in [5.41, 5.74) is 1.31. The van der Waals surface area contributed by atoms with Crippen LogP contribution in [0.5, 0.6) is 0 Å². The number of likely N-dealkylation sites (tertiary alicyclic amines) is 1. The molecule has 16 heavy (non-hydrogen) atoms. The van der Waals surface area contributed by atoms with Crippen LogP contribution in [0.3, 0.4) is 0 Å². The monoisotopic (exact) mass is 223 g/mol. The van der Waals surface area contributed by atoms with Crippen LogP contribution in [0.1, 0.15) is 61.3 Å². The van der Waals surface area contributed by atoms with E-state index < -0.39 is 0 Å². The molecule has 1 saturated heterocycles. The van der Waals surface area contributed by atoms with E-state index in [4.69, 9.17) is 0 Å². The van der Waals surface area contributed by atoms with E-state index in [0.29, 0.717) is 16.5 Å². The van der Waals surface area contributed by atoms with Gasteiger partial charge in [-0.1, -0.05) is 20.8 Å². The SMILES string of the molecule is CC(C)(C)C1C[C@@]2(C)C[C@@H]1CN2C(C)(C)C. The maximum absolute atomic E-state index is 2.76. The Morgan fingerprint density at radius 2 is 1.56 bits per heavy atom. The molecule has 2 rings (SSSR count). The van der Waals surface area contributed by atoms with E-state index in [-0.39, 0.29) is 0 Å². The summed E-state index contributed by atoms with van der Waals surface area (Å²) >= 11 is 0. The Kier molecular flexibility index (Phi) is 2.52. The second-order valence-electron chi connectivity index (χ2n) is 8.42. The summed E-state index contributed by atoms with van der Waals surface area (Å²) in [6, 6.07) is 0. The molecule has 3 atom stereocenters. The molecular weight excluding hydrogens is 194 g/mol. The third-order valence-corrected chi connectivity index (χ3v) is 4.92. The molecule has 94 valence electrons. The Morgan fingerprint density at radius 1 is 1.00 bits per heavy atom. The molecule has 0 amide bonds. The highest BCUT2D eigenvalue weighted by Gasteiger charge is 2.57. The van der Waals surface area contributed by atoms with E-state index in [1.54, 1.807) is 0 Å². The summed E-state index contributed by atoms with van der Waals surface area (Å²) in [6.45, 7) is 18.2. The van der Waals surface area contributed by atoms with Gasteiger partial charge in [-0.15, -0.1) is 0 Å². The number of hydrogen-bond donors (Lipinski definition) is 0. The van der Waals surface area contributed by atoms with Crippen molar-refractivity contribution >= 4 is 0 Å². The highest BCUT2D eigenvalue weighted by Crippen LogP contribution is 2.56. The predicted molar refractivity (Wildman–Crippen MR) is 70.5 cm³/mol. The second-order valence-corrected chi connectivity index (χ2v) is 8.42. The summed E-state index contributed by atoms with van der Waals surface area (Å²) in [6.07, 6.45) is 2.82. The molecule has 1 unspecified atom stereocenters. The van der Waals surface area contributed by atoms with Crippen LogP contribution < -0.4 is 0 Å². The number of rotatable bonds is 0. The van der Waals surface area contributed by atoms with Gasteiger partial charge in [0.1, 0.15) is 0 Å². The van der Waals surface area contributed by atoms with Gasteiger partial charge < -0.3 is 0 Å². The Balaban J connectivity index is 2.19. The van der Waals surface area contributed by atoms with Crippen molar-refractivity contribution < 1.29 is 0 Å². The average molecular weight is 223 g/mol. The third-order valence-electron chi connectivity index (χ3n) is 4.92. The first-order valence-electron chi connectivity index (χ1n) is 6.82. The molecule has 1 aliphatic heterocycles. The summed E-state index contributed by atoms with van der Waals surface area (Å²) < 4.78 is 0. The Hall–Kier alpha value is -0.0400. The average Bonchev–Trinajstić information content (AvgIpc) is 2.52. The fourth-order valence-corrected chi connectivity index (χ4v) is 4.39. The van der Waals surface area contributed by atoms with Gasteiger partial charge in [0.15, 0.2) is 0 Å². The van der Waals surface area contributed by atoms with Crippen molar-refractivity contribution in [2.24, 2.45) is 17.3 Å². The zero-order valence-electron chi connectivity index (χ0n) is 12.2. The van der Waals surface area contributed by atoms with Gasteiger partial charge >= 0.3 is 0 Å². The van der Waals surface area contributed by atoms with E-state index in [0.717, 1.165) is 11.8 Å². The first-order valence-corrected chi connectivity index (χ1v) is 6.82. The maximum atomic E-state index is 2.76. The molecule has 1 aliphatic carbocycles. The number of nitrogens with zero attached hydrogens (tertiary/aromatic N) is 1. The quantitative estimate of drug-likeness (QED) is 0.601. The summed E-state index contributed by atoms with van der Waals surface area (Å²) in [5.74, 6) is 1.86. The van der Waals surface area contributed by atoms with Gasteiger partial charge in [-0.2, -0.15) is 0 Å². The fraction of sp³-hybridized carbons (Fsp3) is 1.00. The molecule has 0 aromatic heterocycles. The zero-order valence-corrected chi connectivity index (χ0v) is 12.2. The molecule has 1 heteroatoms. The summed E-state index contributed by atoms with van der Waals surface area (Å²) in [7, 11) is 0. The van der Waals surface area contributed by atoms with Crippen molar-refractivity contribution in [3.05, 3.63) is 0 Å². The zero-order chi connectivity index (χ0) is 12.4. The van der Waals surface area contributed by atoms with Crippen molar-refractivity contribution in [1.29, 1.82) is 0 Å². The molecule has 2 aliphatic rings. The van der Waals surface area contributed by atoms with Gasteiger partial charge in [-0.3, -0.25) is 4.90 Å². The van der Waals surface area contributed by atoms with Crippen molar-refractivity contribution in [3.8, 4) is 0 Å². The largest absolute Gasteiger partial charge is 0.293 e. The van der Waals surface area contributed by atoms with Crippen LogP contribution in [-0.2, 0) is 0 Å². The van der Waals surface area contributed by atoms with Gasteiger partial charge in [0.2, 0.25) is 0 Å². The lowest BCUT2D eigenvalue weighted by molar-refractivity contribution is 0.000245. The standard InChI is InChI=1S/C15H29N/c1-13(2,3)12-9-15(7)8-11(12)10-16(15)14(4,5)6/h11-12H,8-10H2,1-7H3/t11-,12?,15-/m1/s1. The van der Waals surface area contributed by atoms with Crippen LogP contribution in [0.2, 0.25) is 0 Å². The van der Waals surface area contributed by atoms with Crippen LogP contribution >= 0.6 is 0 Å². The third kappa shape index (κ3) is 1.81. The molecule has 0 aromatic carbocycles. The second kappa shape index (κ2) is 3.25. The lowest BCUT2D eigenvalue weighted by Crippen LogP contribution is -2.54. The van der Waals surface area contributed by atoms with Crippen LogP contribution in [0.15, 0.2) is 0 Å². The lowest BCUT2D eigenvalue weighted by Gasteiger charge is -2.49. The van der Waals surface area contributed by atoms with E-state index >= 15 is 0 Å². The topological polar surface area (TPSA) is 3.24 Å². The molecule has 1 heterocycles. The van der Waals surface area contributed by atoms with Crippen molar-refractivity contribution in [2.45, 2.75) is 72.4 Å². The Bertz CT molecular complexity index is 281. The van der Waals surface area contributed by atoms with Crippen molar-refractivity contribution in [2.75, 3.05) is 6.54 Å². The molecule has 2 bridgehead atoms. The first kappa shape index (κ1) is 12.4. The van der Waals surface area contributed by atoms with Crippen molar-refractivity contribution in [1.82, 2.24) is 4.90 Å². The van der Waals surface area contributed by atoms with E-state index in [1.807, 2.05) is 0 Å². The molecule has 0 spiro atoms. The lowest BCUT2D eigenvalue weighted by atomic mass is 9.72. The minimum absolute atomic E-state index is 0.340. The molecule has 0 aromatic rings. The van der Waals surface area contributed by atoms with Crippen LogP contribution in [-0.4, -0.2) is 22.5 Å². The Labute approximate surface area is 102 Å². The van der Waals surface area contributed by atoms with Crippen molar-refractivity contribution in [3.63, 3.8) is 0 Å². The minimum Gasteiger partial charge on any atom is -0.293 e. The highest BCUT2D eigenvalue weighted by molar-refractivity contribution is 5.10. The fourth-order valence-electron chi connectivity index (χ4n) is 4.39. The van der Waals surface area contributed by atoms with E-state index in [9.17, 15) is 0 Å². The molecule has 0 N–H and O–H groups in total. The molecule has 0 radical (unpaired) electrons. The number of hydrogen-bond acceptors (Lipinski definition) is 1. The van der Waals surface area contributed by atoms with Gasteiger partial charge in [0.25, 0.3) is 0 Å². The first-order chi connectivity index (χ1) is 7.04. The van der Waals surface area contributed by atoms with Gasteiger partial charge in [-0.25, -0.2) is 0 Å². The van der Waals surface area contributed by atoms with E-state index in [1.165, 1.54) is 19.4 Å². The maximum Gasteiger partial charge on any atom is 0.0192 e. The molecular formula is C15H29N. The number of fused-ring (bicyclic) bond motifs is 2. The van der Waals surface area contributed by atoms with Crippen LogP contribution in [0.4, 0.5) is 0 Å². The van der Waals surface area contributed by atoms with Crippen LogP contribution in [0, 0.1) is 17.3 Å². The highest BCUT2D eigenvalue weighted by atomic mass is 15.3. The smallest absolute Gasteiger partial charge is 0.0192 e. The minimum atomic E-state index is 0.340. The predicted octanol–water partition coefficient (Wildman–Crippen LogP) is 3.93. The summed E-state index contributed by atoms with van der Waals surface area (Å²) in [5, 5.41) is 0. The molecule has 1 nitrogen and oxygen atoms in total. The van der Waals surface area contributed by atoms with Crippen LogP contribution in [0.25, 0.3) is 0 Å². The van der Waals surface area contributed by atoms with E-state index in [2.05, 4.69) is 53.4 Å². The molecule has 2 fully saturated rings. The normalized spacial score (nSPS) is 40.7. The molecule has 1 saturated carbocycles. The van der Waals surface area contributed by atoms with Gasteiger partial charge in [-0.05, 0) is 57.8 Å². The van der Waals surface area contributed by atoms with Gasteiger partial charge in [0, 0.05) is 17.6 Å². The summed E-state index contributed by atoms with van der Waals surface area (Å²) in [4.78, 5) is 2.76. The van der Waals surface area contributed by atoms with Gasteiger partial charge in [0.05, 0.1) is 0 Å².